The largest absolute Gasteiger partial charge is 0.352 e. The molecule has 3 aromatic rings. The number of amides is 1. The monoisotopic (exact) mass is 364 g/mol. The number of nitrogens with zero attached hydrogens (tertiary/aromatic N) is 2. The van der Waals surface area contributed by atoms with E-state index >= 15 is 0 Å². The van der Waals surface area contributed by atoms with Crippen LogP contribution in [-0.2, 0) is 4.79 Å². The summed E-state index contributed by atoms with van der Waals surface area (Å²) in [6.07, 6.45) is 0. The van der Waals surface area contributed by atoms with Crippen LogP contribution in [0.1, 0.15) is 11.8 Å². The minimum atomic E-state index is -0.230. The number of hydrogen-bond acceptors (Lipinski definition) is 6. The topological polar surface area (TPSA) is 66.4 Å². The fourth-order valence-corrected chi connectivity index (χ4v) is 3.70. The number of carbonyl (C=O) groups is 1. The minimum absolute atomic E-state index is 0.113. The molecule has 0 radical (unpaired) electrons. The molecule has 2 N–H and O–H groups in total. The second-order valence-corrected chi connectivity index (χ2v) is 7.42. The van der Waals surface area contributed by atoms with Crippen molar-refractivity contribution in [1.82, 2.24) is 10.4 Å². The van der Waals surface area contributed by atoms with Gasteiger partial charge < -0.3 is 5.32 Å². The smallest absolute Gasteiger partial charge is 0.259 e. The van der Waals surface area contributed by atoms with Crippen molar-refractivity contribution in [2.45, 2.75) is 6.92 Å². The van der Waals surface area contributed by atoms with E-state index < -0.39 is 0 Å². The van der Waals surface area contributed by atoms with Crippen molar-refractivity contribution in [1.29, 1.82) is 0 Å². The van der Waals surface area contributed by atoms with Crippen molar-refractivity contribution in [3.05, 3.63) is 45.6 Å². The van der Waals surface area contributed by atoms with E-state index in [0.717, 1.165) is 20.8 Å². The zero-order valence-corrected chi connectivity index (χ0v) is 14.6. The van der Waals surface area contributed by atoms with Crippen LogP contribution in [0.4, 0.5) is 5.13 Å². The number of thiazole rings is 1. The van der Waals surface area contributed by atoms with E-state index in [9.17, 15) is 4.79 Å². The maximum absolute atomic E-state index is 11.8. The van der Waals surface area contributed by atoms with E-state index in [1.807, 2.05) is 37.3 Å². The Labute approximate surface area is 146 Å². The fraction of sp³-hybridized carbons (Fsp3) is 0.133. The SMILES string of the molecule is C/C(=N/NC(=O)CNc1nc2ccccc2s1)c1ccc(Cl)s1. The van der Waals surface area contributed by atoms with Crippen LogP contribution in [0, 0.1) is 0 Å². The maximum atomic E-state index is 11.8. The van der Waals surface area contributed by atoms with Gasteiger partial charge in [-0.2, -0.15) is 5.10 Å². The molecule has 1 aromatic carbocycles. The first-order valence-electron chi connectivity index (χ1n) is 6.80. The lowest BCUT2D eigenvalue weighted by Crippen LogP contribution is -2.26. The Hall–Kier alpha value is -1.96. The van der Waals surface area contributed by atoms with Gasteiger partial charge in [0.25, 0.3) is 5.91 Å². The number of carbonyl (C=O) groups excluding carboxylic acids is 1. The number of thiophene rings is 1. The molecular formula is C15H13ClN4OS2. The average Bonchev–Trinajstić information content (AvgIpc) is 3.16. The zero-order chi connectivity index (χ0) is 16.2. The van der Waals surface area contributed by atoms with E-state index in [1.54, 1.807) is 6.07 Å². The Balaban J connectivity index is 1.55. The molecule has 0 aliphatic heterocycles. The predicted octanol–water partition coefficient (Wildman–Crippen LogP) is 3.96. The molecule has 0 spiro atoms. The molecule has 5 nitrogen and oxygen atoms in total. The normalized spacial score (nSPS) is 11.7. The number of benzene rings is 1. The number of fused-ring (bicyclic) bond motifs is 1. The molecule has 118 valence electrons. The molecule has 23 heavy (non-hydrogen) atoms. The minimum Gasteiger partial charge on any atom is -0.352 e. The Morgan fingerprint density at radius 1 is 1.26 bits per heavy atom. The Morgan fingerprint density at radius 3 is 2.83 bits per heavy atom. The highest BCUT2D eigenvalue weighted by Gasteiger charge is 2.06. The molecule has 0 fully saturated rings. The molecule has 1 amide bonds. The van der Waals surface area contributed by atoms with Crippen LogP contribution in [-0.4, -0.2) is 23.1 Å². The number of rotatable bonds is 5. The highest BCUT2D eigenvalue weighted by atomic mass is 35.5. The van der Waals surface area contributed by atoms with Gasteiger partial charge in [-0.3, -0.25) is 4.79 Å². The van der Waals surface area contributed by atoms with E-state index in [1.165, 1.54) is 22.7 Å². The van der Waals surface area contributed by atoms with Crippen LogP contribution >= 0.6 is 34.3 Å². The molecule has 0 saturated carbocycles. The van der Waals surface area contributed by atoms with Crippen LogP contribution in [0.5, 0.6) is 0 Å². The average molecular weight is 365 g/mol. The van der Waals surface area contributed by atoms with Crippen LogP contribution in [0.25, 0.3) is 10.2 Å². The van der Waals surface area contributed by atoms with Gasteiger partial charge in [-0.05, 0) is 31.2 Å². The second-order valence-electron chi connectivity index (χ2n) is 4.68. The first-order valence-corrected chi connectivity index (χ1v) is 8.81. The lowest BCUT2D eigenvalue weighted by molar-refractivity contribution is -0.119. The van der Waals surface area contributed by atoms with Gasteiger partial charge in [-0.1, -0.05) is 35.1 Å². The quantitative estimate of drug-likeness (QED) is 0.532. The summed E-state index contributed by atoms with van der Waals surface area (Å²) in [7, 11) is 0. The van der Waals surface area contributed by atoms with Gasteiger partial charge in [0.2, 0.25) is 0 Å². The Morgan fingerprint density at radius 2 is 2.09 bits per heavy atom. The molecule has 2 heterocycles. The second kappa shape index (κ2) is 7.08. The summed E-state index contributed by atoms with van der Waals surface area (Å²) in [5.41, 5.74) is 4.16. The molecule has 0 aliphatic rings. The third-order valence-corrected chi connectivity index (χ3v) is 5.31. The maximum Gasteiger partial charge on any atom is 0.259 e. The molecule has 0 aliphatic carbocycles. The van der Waals surface area contributed by atoms with Gasteiger partial charge in [0.1, 0.15) is 0 Å². The third kappa shape index (κ3) is 4.07. The summed E-state index contributed by atoms with van der Waals surface area (Å²) in [6.45, 7) is 1.94. The van der Waals surface area contributed by atoms with E-state index in [4.69, 9.17) is 11.6 Å². The summed E-state index contributed by atoms with van der Waals surface area (Å²) < 4.78 is 1.78. The van der Waals surface area contributed by atoms with Crippen LogP contribution in [0.2, 0.25) is 4.34 Å². The number of nitrogens with one attached hydrogen (secondary N) is 2. The van der Waals surface area contributed by atoms with Crippen LogP contribution in [0.3, 0.4) is 0 Å². The van der Waals surface area contributed by atoms with Gasteiger partial charge in [0, 0.05) is 0 Å². The van der Waals surface area contributed by atoms with Crippen molar-refractivity contribution >= 4 is 61.2 Å². The van der Waals surface area contributed by atoms with E-state index in [2.05, 4.69) is 20.8 Å². The molecule has 0 saturated heterocycles. The first kappa shape index (κ1) is 15.9. The highest BCUT2D eigenvalue weighted by molar-refractivity contribution is 7.22. The molecular weight excluding hydrogens is 352 g/mol. The van der Waals surface area contributed by atoms with Gasteiger partial charge in [-0.25, -0.2) is 10.4 Å². The number of para-hydroxylation sites is 1. The molecule has 0 bridgehead atoms. The zero-order valence-electron chi connectivity index (χ0n) is 12.2. The van der Waals surface area contributed by atoms with Gasteiger partial charge >= 0.3 is 0 Å². The van der Waals surface area contributed by atoms with Crippen LogP contribution < -0.4 is 10.7 Å². The summed E-state index contributed by atoms with van der Waals surface area (Å²) in [4.78, 5) is 17.2. The van der Waals surface area contributed by atoms with Gasteiger partial charge in [0.05, 0.1) is 31.7 Å². The van der Waals surface area contributed by atoms with E-state index in [0.29, 0.717) is 9.47 Å². The van der Waals surface area contributed by atoms with E-state index in [-0.39, 0.29) is 12.5 Å². The third-order valence-electron chi connectivity index (χ3n) is 2.97. The van der Waals surface area contributed by atoms with Crippen molar-refractivity contribution in [2.75, 3.05) is 11.9 Å². The predicted molar refractivity (Wildman–Crippen MR) is 97.8 cm³/mol. The molecule has 0 unspecified atom stereocenters. The number of anilines is 1. The number of hydrogen-bond donors (Lipinski definition) is 2. The molecule has 8 heteroatoms. The van der Waals surface area contributed by atoms with Gasteiger partial charge in [0.15, 0.2) is 5.13 Å². The molecule has 3 rings (SSSR count). The van der Waals surface area contributed by atoms with Crippen molar-refractivity contribution < 1.29 is 4.79 Å². The van der Waals surface area contributed by atoms with Crippen molar-refractivity contribution in [3.63, 3.8) is 0 Å². The van der Waals surface area contributed by atoms with Crippen molar-refractivity contribution in [2.24, 2.45) is 5.10 Å². The summed E-state index contributed by atoms with van der Waals surface area (Å²) >= 11 is 8.81. The van der Waals surface area contributed by atoms with Gasteiger partial charge in [-0.15, -0.1) is 11.3 Å². The number of halogens is 1. The molecule has 2 aromatic heterocycles. The standard InChI is InChI=1S/C15H13ClN4OS2/c1-9(11-6-7-13(16)22-11)19-20-14(21)8-17-15-18-10-4-2-3-5-12(10)23-15/h2-7H,8H2,1H3,(H,17,18)(H,20,21)/b19-9-. The Bertz CT molecular complexity index is 838. The fourth-order valence-electron chi connectivity index (χ4n) is 1.85. The van der Waals surface area contributed by atoms with Crippen LogP contribution in [0.15, 0.2) is 41.5 Å². The highest BCUT2D eigenvalue weighted by Crippen LogP contribution is 2.25. The lowest BCUT2D eigenvalue weighted by Gasteiger charge is -2.02. The molecule has 0 atom stereocenters. The lowest BCUT2D eigenvalue weighted by atomic mass is 10.3. The number of aromatic nitrogens is 1. The van der Waals surface area contributed by atoms with Crippen molar-refractivity contribution in [3.8, 4) is 0 Å². The Kier molecular flexibility index (Phi) is 4.90. The number of hydrazone groups is 1. The first-order chi connectivity index (χ1) is 11.1. The summed E-state index contributed by atoms with van der Waals surface area (Å²) in [5, 5.41) is 7.80. The summed E-state index contributed by atoms with van der Waals surface area (Å²) in [6, 6.07) is 11.5. The summed E-state index contributed by atoms with van der Waals surface area (Å²) in [5.74, 6) is -0.230.